The van der Waals surface area contributed by atoms with E-state index in [2.05, 4.69) is 10.1 Å². The van der Waals surface area contributed by atoms with Crippen LogP contribution in [0.15, 0.2) is 29.6 Å². The monoisotopic (exact) mass is 166 g/mol. The summed E-state index contributed by atoms with van der Waals surface area (Å²) in [5.41, 5.74) is -0.330. The van der Waals surface area contributed by atoms with E-state index in [0.29, 0.717) is 0 Å². The van der Waals surface area contributed by atoms with E-state index < -0.39 is 11.7 Å². The van der Waals surface area contributed by atoms with Gasteiger partial charge in [-0.2, -0.15) is 0 Å². The summed E-state index contributed by atoms with van der Waals surface area (Å²) >= 11 is 0. The van der Waals surface area contributed by atoms with Crippen molar-refractivity contribution in [3.63, 3.8) is 0 Å². The molecule has 1 aromatic heterocycles. The van der Waals surface area contributed by atoms with Crippen LogP contribution in [0.2, 0.25) is 0 Å². The predicted molar refractivity (Wildman–Crippen MR) is 40.2 cm³/mol. The summed E-state index contributed by atoms with van der Waals surface area (Å²) in [5.74, 6) is -1.31. The van der Waals surface area contributed by atoms with E-state index in [9.17, 15) is 4.79 Å². The van der Waals surface area contributed by atoms with Crippen LogP contribution in [-0.2, 0) is 4.79 Å². The van der Waals surface area contributed by atoms with E-state index in [-0.39, 0.29) is 5.69 Å². The van der Waals surface area contributed by atoms with Crippen LogP contribution >= 0.6 is 0 Å². The number of pyridine rings is 1. The zero-order valence-electron chi connectivity index (χ0n) is 6.01. The molecule has 62 valence electrons. The van der Waals surface area contributed by atoms with Gasteiger partial charge in [0.15, 0.2) is 0 Å². The first kappa shape index (κ1) is 8.19. The highest BCUT2D eigenvalue weighted by Crippen LogP contribution is 1.96. The topological polar surface area (TPSA) is 82.8 Å². The number of aliphatic carboxylic acids is 1. The van der Waals surface area contributed by atoms with Crippen LogP contribution in [0.1, 0.15) is 5.69 Å². The average molecular weight is 166 g/mol. The van der Waals surface area contributed by atoms with Crippen molar-refractivity contribution in [2.75, 3.05) is 0 Å². The summed E-state index contributed by atoms with van der Waals surface area (Å²) in [6, 6.07) is 4.69. The van der Waals surface area contributed by atoms with Gasteiger partial charge in [-0.3, -0.25) is 4.98 Å². The third kappa shape index (κ3) is 1.57. The van der Waals surface area contributed by atoms with Crippen molar-refractivity contribution in [1.29, 1.82) is 0 Å². The Morgan fingerprint density at radius 1 is 1.50 bits per heavy atom. The number of carbonyl (C=O) groups is 1. The quantitative estimate of drug-likeness (QED) is 0.377. The fourth-order valence-corrected chi connectivity index (χ4v) is 0.706. The van der Waals surface area contributed by atoms with E-state index in [1.54, 1.807) is 12.1 Å². The molecular formula is C7H6N2O3. The van der Waals surface area contributed by atoms with Gasteiger partial charge >= 0.3 is 5.97 Å². The molecule has 0 spiro atoms. The Morgan fingerprint density at radius 2 is 2.25 bits per heavy atom. The van der Waals surface area contributed by atoms with Crippen molar-refractivity contribution in [2.24, 2.45) is 5.16 Å². The summed E-state index contributed by atoms with van der Waals surface area (Å²) in [7, 11) is 0. The SMILES string of the molecule is O=C(O)C(=NO)c1ccccn1. The molecule has 5 nitrogen and oxygen atoms in total. The first-order chi connectivity index (χ1) is 5.75. The number of hydrogen-bond acceptors (Lipinski definition) is 4. The third-order valence-electron chi connectivity index (χ3n) is 1.21. The molecule has 0 saturated carbocycles. The molecule has 12 heavy (non-hydrogen) atoms. The summed E-state index contributed by atoms with van der Waals surface area (Å²) in [5, 5.41) is 19.4. The number of aromatic nitrogens is 1. The molecule has 0 aliphatic heterocycles. The summed E-state index contributed by atoms with van der Waals surface area (Å²) < 4.78 is 0. The second-order valence-corrected chi connectivity index (χ2v) is 1.97. The summed E-state index contributed by atoms with van der Waals surface area (Å²) in [6.07, 6.45) is 1.42. The minimum absolute atomic E-state index is 0.132. The van der Waals surface area contributed by atoms with Gasteiger partial charge in [0.2, 0.25) is 5.71 Å². The number of nitrogens with zero attached hydrogens (tertiary/aromatic N) is 2. The highest BCUT2D eigenvalue weighted by atomic mass is 16.4. The van der Waals surface area contributed by atoms with E-state index in [1.807, 2.05) is 0 Å². The highest BCUT2D eigenvalue weighted by Gasteiger charge is 2.13. The molecule has 5 heteroatoms. The first-order valence-corrected chi connectivity index (χ1v) is 3.12. The third-order valence-corrected chi connectivity index (χ3v) is 1.21. The molecule has 0 bridgehead atoms. The second kappa shape index (κ2) is 3.47. The fraction of sp³-hybridized carbons (Fsp3) is 0. The van der Waals surface area contributed by atoms with Crippen LogP contribution in [0.25, 0.3) is 0 Å². The highest BCUT2D eigenvalue weighted by molar-refractivity contribution is 6.41. The van der Waals surface area contributed by atoms with Gasteiger partial charge in [-0.1, -0.05) is 11.2 Å². The van der Waals surface area contributed by atoms with Gasteiger partial charge in [-0.05, 0) is 12.1 Å². The van der Waals surface area contributed by atoms with E-state index >= 15 is 0 Å². The smallest absolute Gasteiger partial charge is 0.360 e. The molecule has 0 atom stereocenters. The van der Waals surface area contributed by atoms with Crippen LogP contribution in [0, 0.1) is 0 Å². The molecule has 0 aliphatic rings. The van der Waals surface area contributed by atoms with Gasteiger partial charge in [0.1, 0.15) is 0 Å². The van der Waals surface area contributed by atoms with Gasteiger partial charge in [0.25, 0.3) is 0 Å². The van der Waals surface area contributed by atoms with E-state index in [4.69, 9.17) is 10.3 Å². The molecule has 1 rings (SSSR count). The molecule has 0 aliphatic carbocycles. The zero-order valence-corrected chi connectivity index (χ0v) is 6.01. The largest absolute Gasteiger partial charge is 0.476 e. The lowest BCUT2D eigenvalue weighted by atomic mass is 10.2. The maximum atomic E-state index is 10.4. The Morgan fingerprint density at radius 3 is 2.67 bits per heavy atom. The maximum absolute atomic E-state index is 10.4. The molecule has 0 saturated heterocycles. The van der Waals surface area contributed by atoms with E-state index in [0.717, 1.165) is 0 Å². The standard InChI is InChI=1S/C7H6N2O3/c10-7(11)6(9-12)5-3-1-2-4-8-5/h1-4,12H,(H,10,11). The minimum atomic E-state index is -1.31. The molecule has 0 amide bonds. The lowest BCUT2D eigenvalue weighted by Crippen LogP contribution is -2.15. The molecule has 0 radical (unpaired) electrons. The van der Waals surface area contributed by atoms with E-state index in [1.165, 1.54) is 12.3 Å². The Bertz CT molecular complexity index is 308. The van der Waals surface area contributed by atoms with Crippen molar-refractivity contribution in [3.8, 4) is 0 Å². The second-order valence-electron chi connectivity index (χ2n) is 1.97. The van der Waals surface area contributed by atoms with Crippen LogP contribution in [0.3, 0.4) is 0 Å². The molecule has 0 aromatic carbocycles. The maximum Gasteiger partial charge on any atom is 0.360 e. The molecule has 0 fully saturated rings. The van der Waals surface area contributed by atoms with Crippen LogP contribution < -0.4 is 0 Å². The van der Waals surface area contributed by atoms with Crippen molar-refractivity contribution in [3.05, 3.63) is 30.1 Å². The van der Waals surface area contributed by atoms with Crippen LogP contribution in [-0.4, -0.2) is 27.0 Å². The molecule has 1 aromatic rings. The fourth-order valence-electron chi connectivity index (χ4n) is 0.706. The first-order valence-electron chi connectivity index (χ1n) is 3.12. The van der Waals surface area contributed by atoms with Gasteiger partial charge < -0.3 is 10.3 Å². The number of carboxylic acid groups (broad SMARTS) is 1. The van der Waals surface area contributed by atoms with Gasteiger partial charge in [-0.25, -0.2) is 4.79 Å². The Labute approximate surface area is 68.0 Å². The van der Waals surface area contributed by atoms with Crippen molar-refractivity contribution in [1.82, 2.24) is 4.98 Å². The Hall–Kier alpha value is -1.91. The van der Waals surface area contributed by atoms with Gasteiger partial charge in [0, 0.05) is 6.20 Å². The van der Waals surface area contributed by atoms with Crippen molar-refractivity contribution < 1.29 is 15.1 Å². The number of oxime groups is 1. The van der Waals surface area contributed by atoms with Gasteiger partial charge in [0.05, 0.1) is 5.69 Å². The molecule has 1 heterocycles. The molecular weight excluding hydrogens is 160 g/mol. The molecule has 2 N–H and O–H groups in total. The van der Waals surface area contributed by atoms with Crippen molar-refractivity contribution >= 4 is 11.7 Å². The minimum Gasteiger partial charge on any atom is -0.476 e. The van der Waals surface area contributed by atoms with Crippen molar-refractivity contribution in [2.45, 2.75) is 0 Å². The Balaban J connectivity index is 3.05. The lowest BCUT2D eigenvalue weighted by Gasteiger charge is -1.95. The van der Waals surface area contributed by atoms with Crippen LogP contribution in [0.4, 0.5) is 0 Å². The average Bonchev–Trinajstić information content (AvgIpc) is 2.07. The summed E-state index contributed by atoms with van der Waals surface area (Å²) in [4.78, 5) is 14.1. The van der Waals surface area contributed by atoms with Crippen LogP contribution in [0.5, 0.6) is 0 Å². The number of carboxylic acids is 1. The number of hydrogen-bond donors (Lipinski definition) is 2. The van der Waals surface area contributed by atoms with Gasteiger partial charge in [-0.15, -0.1) is 0 Å². The predicted octanol–water partition coefficient (Wildman–Crippen LogP) is 0.345. The Kier molecular flexibility index (Phi) is 2.37. The zero-order chi connectivity index (χ0) is 8.97. The normalized spacial score (nSPS) is 11.2. The lowest BCUT2D eigenvalue weighted by molar-refractivity contribution is -0.129. The molecule has 0 unspecified atom stereocenters. The summed E-state index contributed by atoms with van der Waals surface area (Å²) in [6.45, 7) is 0. The number of rotatable bonds is 2.